The molecule has 2 aromatic carbocycles. The first-order valence-electron chi connectivity index (χ1n) is 18.3. The number of benzene rings is 2. The van der Waals surface area contributed by atoms with E-state index in [0.717, 1.165) is 90.5 Å². The number of thioether (sulfide) groups is 1. The molecule has 3 aliphatic heterocycles. The summed E-state index contributed by atoms with van der Waals surface area (Å²) in [6.07, 6.45) is 8.96. The summed E-state index contributed by atoms with van der Waals surface area (Å²) >= 11 is 1.87. The number of urea groups is 1. The Morgan fingerprint density at radius 2 is 1.42 bits per heavy atom. The number of aromatic nitrogens is 4. The summed E-state index contributed by atoms with van der Waals surface area (Å²) in [6.45, 7) is 12.8. The van der Waals surface area contributed by atoms with Crippen LogP contribution in [-0.4, -0.2) is 84.7 Å². The highest BCUT2D eigenvalue weighted by atomic mass is 32.2. The van der Waals surface area contributed by atoms with Crippen LogP contribution in [0.5, 0.6) is 0 Å². The smallest absolute Gasteiger partial charge is 0.320 e. The Balaban J connectivity index is 0.931. The molecular weight excluding hydrogens is 643 g/mol. The fraction of sp³-hybridized carbons (Fsp3) is 0.500. The largest absolute Gasteiger partial charge is 0.341 e. The molecule has 4 atom stereocenters. The first-order valence-corrected chi connectivity index (χ1v) is 19.2. The van der Waals surface area contributed by atoms with Gasteiger partial charge < -0.3 is 24.7 Å². The molecule has 8 rings (SSSR count). The van der Waals surface area contributed by atoms with Crippen molar-refractivity contribution in [2.75, 3.05) is 26.7 Å². The summed E-state index contributed by atoms with van der Waals surface area (Å²) < 4.78 is -0.127. The molecule has 4 fully saturated rings. The Hall–Kier alpha value is -4.05. The number of carbonyl (C=O) groups is 2. The van der Waals surface area contributed by atoms with Gasteiger partial charge in [-0.1, -0.05) is 76.2 Å². The molecule has 0 radical (unpaired) electrons. The number of fused-ring (bicyclic) bond motifs is 2. The minimum absolute atomic E-state index is 0.0445. The minimum atomic E-state index is -0.377. The zero-order valence-corrected chi connectivity index (χ0v) is 30.9. The molecule has 3 saturated heterocycles. The maximum atomic E-state index is 13.5. The van der Waals surface area contributed by atoms with E-state index in [-0.39, 0.29) is 44.8 Å². The molecule has 1 saturated carbocycles. The Labute approximate surface area is 299 Å². The number of nitrogens with zero attached hydrogens (tertiary/aromatic N) is 5. The molecule has 0 bridgehead atoms. The van der Waals surface area contributed by atoms with Crippen LogP contribution in [0.25, 0.3) is 33.6 Å². The molecule has 1 aliphatic carbocycles. The molecule has 4 aliphatic rings. The van der Waals surface area contributed by atoms with Crippen molar-refractivity contribution >= 4 is 23.7 Å². The van der Waals surface area contributed by atoms with Gasteiger partial charge in [-0.05, 0) is 67.2 Å². The lowest BCUT2D eigenvalue weighted by molar-refractivity contribution is -0.144. The number of imidazole rings is 2. The third kappa shape index (κ3) is 5.28. The molecule has 5 heterocycles. The lowest BCUT2D eigenvalue weighted by Gasteiger charge is -2.37. The van der Waals surface area contributed by atoms with Gasteiger partial charge in [0.25, 0.3) is 0 Å². The number of piperidine rings is 2. The van der Waals surface area contributed by atoms with Crippen LogP contribution in [0.2, 0.25) is 0 Å². The van der Waals surface area contributed by atoms with Crippen molar-refractivity contribution in [2.24, 2.45) is 11.3 Å². The van der Waals surface area contributed by atoms with Gasteiger partial charge in [0, 0.05) is 38.1 Å². The summed E-state index contributed by atoms with van der Waals surface area (Å²) in [5, 5.41) is 0.158. The molecule has 4 aromatic rings. The fourth-order valence-electron chi connectivity index (χ4n) is 8.14. The fourth-order valence-corrected chi connectivity index (χ4v) is 9.63. The predicted octanol–water partition coefficient (Wildman–Crippen LogP) is 7.88. The molecule has 9 nitrogen and oxygen atoms in total. The van der Waals surface area contributed by atoms with E-state index in [1.807, 2.05) is 38.1 Å². The first kappa shape index (κ1) is 33.1. The number of amides is 3. The average molecular weight is 692 g/mol. The van der Waals surface area contributed by atoms with Crippen LogP contribution in [-0.2, 0) is 15.0 Å². The van der Waals surface area contributed by atoms with Gasteiger partial charge in [0.15, 0.2) is 0 Å². The minimum Gasteiger partial charge on any atom is -0.341 e. The zero-order valence-electron chi connectivity index (χ0n) is 30.1. The van der Waals surface area contributed by atoms with E-state index in [0.29, 0.717) is 6.54 Å². The van der Waals surface area contributed by atoms with Gasteiger partial charge in [0.2, 0.25) is 5.91 Å². The quantitative estimate of drug-likeness (QED) is 0.183. The van der Waals surface area contributed by atoms with Gasteiger partial charge in [0.1, 0.15) is 21.8 Å². The highest BCUT2D eigenvalue weighted by Gasteiger charge is 2.65. The first-order chi connectivity index (χ1) is 24.0. The van der Waals surface area contributed by atoms with E-state index in [1.165, 1.54) is 0 Å². The zero-order chi connectivity index (χ0) is 35.0. The van der Waals surface area contributed by atoms with Gasteiger partial charge in [-0.15, -0.1) is 11.8 Å². The van der Waals surface area contributed by atoms with Gasteiger partial charge in [-0.3, -0.25) is 4.79 Å². The summed E-state index contributed by atoms with van der Waals surface area (Å²) in [5.41, 5.74) is 6.09. The number of H-pyrrole nitrogens is 2. The van der Waals surface area contributed by atoms with Crippen LogP contribution in [0.15, 0.2) is 60.9 Å². The monoisotopic (exact) mass is 691 g/mol. The van der Waals surface area contributed by atoms with E-state index >= 15 is 0 Å². The normalized spacial score (nSPS) is 25.7. The number of rotatable bonds is 8. The number of likely N-dealkylation sites (tertiary alicyclic amines) is 2. The Morgan fingerprint density at radius 3 is 2.02 bits per heavy atom. The van der Waals surface area contributed by atoms with Crippen LogP contribution in [0.4, 0.5) is 4.79 Å². The maximum absolute atomic E-state index is 13.5. The molecule has 50 heavy (non-hydrogen) atoms. The van der Waals surface area contributed by atoms with Gasteiger partial charge in [0.05, 0.1) is 29.2 Å². The standard InChI is InChI=1S/C40H49N7O2S/c1-7-45(6)37(49)46-20-8-18-39(22-32(39)46)33-41-23-30(43-33)28-14-10-26(11-15-28)27-12-16-29(17-13-27)31-24-42-34(44-31)40-19-9-21-47(36(40)50-40)35(48)38(4,5)25(2)3/h10-17,23-25,32,36H,7-9,18-22H2,1-6H3,(H,41,43)(H,42,44). The van der Waals surface area contributed by atoms with Crippen LogP contribution < -0.4 is 0 Å². The van der Waals surface area contributed by atoms with E-state index in [2.05, 4.69) is 96.0 Å². The van der Waals surface area contributed by atoms with Gasteiger partial charge in [-0.2, -0.15) is 0 Å². The number of carbonyl (C=O) groups excluding carboxylic acids is 2. The van der Waals surface area contributed by atoms with Crippen molar-refractivity contribution in [1.82, 2.24) is 34.6 Å². The van der Waals surface area contributed by atoms with Crippen molar-refractivity contribution in [3.63, 3.8) is 0 Å². The highest BCUT2D eigenvalue weighted by Crippen LogP contribution is 2.66. The second-order valence-corrected chi connectivity index (χ2v) is 17.2. The van der Waals surface area contributed by atoms with E-state index < -0.39 is 0 Å². The highest BCUT2D eigenvalue weighted by molar-refractivity contribution is 8.08. The van der Waals surface area contributed by atoms with Crippen LogP contribution in [0, 0.1) is 11.3 Å². The predicted molar refractivity (Wildman–Crippen MR) is 199 cm³/mol. The summed E-state index contributed by atoms with van der Waals surface area (Å²) in [7, 11) is 1.88. The average Bonchev–Trinajstić information content (AvgIpc) is 3.92. The molecule has 4 unspecified atom stereocenters. The van der Waals surface area contributed by atoms with Crippen LogP contribution >= 0.6 is 11.8 Å². The van der Waals surface area contributed by atoms with E-state index in [4.69, 9.17) is 9.97 Å². The Kier molecular flexibility index (Phi) is 7.97. The lowest BCUT2D eigenvalue weighted by Crippen LogP contribution is -2.49. The second kappa shape index (κ2) is 12.0. The molecular formula is C40H49N7O2S. The summed E-state index contributed by atoms with van der Waals surface area (Å²) in [6, 6.07) is 17.6. The topological polar surface area (TPSA) is 101 Å². The van der Waals surface area contributed by atoms with Crippen LogP contribution in [0.3, 0.4) is 0 Å². The van der Waals surface area contributed by atoms with Gasteiger partial charge in [-0.25, -0.2) is 14.8 Å². The van der Waals surface area contributed by atoms with Crippen molar-refractivity contribution in [3.05, 3.63) is 72.6 Å². The third-order valence-electron chi connectivity index (χ3n) is 12.4. The van der Waals surface area contributed by atoms with Crippen LogP contribution in [0.1, 0.15) is 78.4 Å². The molecule has 2 aromatic heterocycles. The van der Waals surface area contributed by atoms with Crippen molar-refractivity contribution in [2.45, 2.75) is 88.3 Å². The maximum Gasteiger partial charge on any atom is 0.320 e. The molecule has 2 N–H and O–H groups in total. The summed E-state index contributed by atoms with van der Waals surface area (Å²) in [5.74, 6) is 2.54. The van der Waals surface area contributed by atoms with E-state index in [9.17, 15) is 9.59 Å². The molecule has 262 valence electrons. The molecule has 0 spiro atoms. The number of hydrogen-bond acceptors (Lipinski definition) is 5. The van der Waals surface area contributed by atoms with E-state index in [1.54, 1.807) is 4.90 Å². The molecule has 10 heteroatoms. The van der Waals surface area contributed by atoms with Crippen molar-refractivity contribution < 1.29 is 9.59 Å². The SMILES string of the molecule is CCN(C)C(=O)N1CCCC2(c3ncc(-c4ccc(-c5ccc(-c6cnc(C78CCCN(C(=O)C(C)(C)C(C)C)C7S8)[nH]6)cc5)cc4)[nH]3)CC12. The third-order valence-corrected chi connectivity index (χ3v) is 14.0. The number of hydrogen-bond donors (Lipinski definition) is 2. The Morgan fingerprint density at radius 1 is 0.880 bits per heavy atom. The van der Waals surface area contributed by atoms with Crippen molar-refractivity contribution in [1.29, 1.82) is 0 Å². The molecule has 3 amide bonds. The second-order valence-electron chi connectivity index (χ2n) is 15.8. The van der Waals surface area contributed by atoms with Crippen molar-refractivity contribution in [3.8, 4) is 33.6 Å². The van der Waals surface area contributed by atoms with Gasteiger partial charge >= 0.3 is 6.03 Å². The number of aromatic amines is 2. The lowest BCUT2D eigenvalue weighted by atomic mass is 9.79. The number of nitrogens with one attached hydrogen (secondary N) is 2. The Bertz CT molecular complexity index is 1910. The summed E-state index contributed by atoms with van der Waals surface area (Å²) in [4.78, 5) is 49.4.